The number of unbranched alkanes of at least 4 members (excludes halogenated alkanes) is 5. The highest BCUT2D eigenvalue weighted by atomic mass is 32.1. The smallest absolute Gasteiger partial charge is 0.464 e. The number of phosphoric acid groups is 1. The average Bonchev–Trinajstić information content (AvgIpc) is 3.25. The van der Waals surface area contributed by atoms with Crippen LogP contribution in [0, 0.1) is 5.13 Å². The van der Waals surface area contributed by atoms with Gasteiger partial charge in [0.2, 0.25) is 10.3 Å². The number of carboxylic acid groups (broad SMARTS) is 1. The van der Waals surface area contributed by atoms with Crippen molar-refractivity contribution < 1.29 is 46.3 Å². The van der Waals surface area contributed by atoms with Crippen molar-refractivity contribution in [3.8, 4) is 11.3 Å². The van der Waals surface area contributed by atoms with Gasteiger partial charge in [0.1, 0.15) is 5.69 Å². The number of phosphoric ester groups is 1. The zero-order valence-electron chi connectivity index (χ0n) is 21.4. The highest BCUT2D eigenvalue weighted by Crippen LogP contribution is 2.46. The lowest BCUT2D eigenvalue weighted by Gasteiger charge is -2.25. The highest BCUT2D eigenvalue weighted by Gasteiger charge is 2.39. The van der Waals surface area contributed by atoms with Crippen LogP contribution >= 0.6 is 19.2 Å². The number of nitrogens with zero attached hydrogens (tertiary/aromatic N) is 3. The molecule has 0 atom stereocenters. The minimum atomic E-state index is -5.26. The molecular formula is C25H28F4N3O6PS. The summed E-state index contributed by atoms with van der Waals surface area (Å²) >= 11 is 0.278. The predicted octanol–water partition coefficient (Wildman–Crippen LogP) is 7.69. The van der Waals surface area contributed by atoms with E-state index in [1.807, 2.05) is 6.92 Å². The van der Waals surface area contributed by atoms with E-state index in [1.54, 1.807) is 0 Å². The lowest BCUT2D eigenvalue weighted by molar-refractivity contribution is -0.139. The molecule has 218 valence electrons. The van der Waals surface area contributed by atoms with Crippen LogP contribution in [0.3, 0.4) is 0 Å². The second-order valence-corrected chi connectivity index (χ2v) is 11.0. The van der Waals surface area contributed by atoms with Gasteiger partial charge in [0.15, 0.2) is 0 Å². The van der Waals surface area contributed by atoms with Crippen LogP contribution in [0.4, 0.5) is 33.2 Å². The quantitative estimate of drug-likeness (QED) is 0.103. The molecule has 2 aromatic heterocycles. The third-order valence-corrected chi connectivity index (χ3v) is 7.26. The Hall–Kier alpha value is -2.90. The molecule has 0 unspecified atom stereocenters. The van der Waals surface area contributed by atoms with Crippen LogP contribution in [0.5, 0.6) is 0 Å². The number of pyridine rings is 1. The number of amides is 1. The first-order valence-corrected chi connectivity index (χ1v) is 14.7. The molecule has 3 aromatic rings. The summed E-state index contributed by atoms with van der Waals surface area (Å²) in [6, 6.07) is 5.17. The van der Waals surface area contributed by atoms with Crippen molar-refractivity contribution >= 4 is 36.1 Å². The number of aryl methyl sites for hydroxylation is 1. The lowest BCUT2D eigenvalue weighted by Crippen LogP contribution is -2.27. The maximum atomic E-state index is 14.8. The largest absolute Gasteiger partial charge is 0.469 e. The van der Waals surface area contributed by atoms with Crippen molar-refractivity contribution in [2.45, 2.75) is 64.7 Å². The third-order valence-electron chi connectivity index (χ3n) is 5.97. The zero-order chi connectivity index (χ0) is 29.5. The topological polar surface area (TPSA) is 133 Å². The van der Waals surface area contributed by atoms with Crippen molar-refractivity contribution in [2.75, 3.05) is 4.90 Å². The van der Waals surface area contributed by atoms with Crippen LogP contribution in [-0.2, 0) is 28.3 Å². The molecule has 0 bridgehead atoms. The number of halogens is 4. The first-order valence-electron chi connectivity index (χ1n) is 12.3. The molecular weight excluding hydrogens is 577 g/mol. The summed E-state index contributed by atoms with van der Waals surface area (Å²) in [4.78, 5) is 39.0. The molecule has 0 aliphatic heterocycles. The van der Waals surface area contributed by atoms with Gasteiger partial charge in [-0.05, 0) is 36.6 Å². The minimum absolute atomic E-state index is 0.00569. The number of rotatable bonds is 13. The number of carbonyl (C=O) groups is 1. The molecule has 0 aliphatic rings. The summed E-state index contributed by atoms with van der Waals surface area (Å²) in [5, 5.41) is 8.57. The van der Waals surface area contributed by atoms with Crippen molar-refractivity contribution in [2.24, 2.45) is 0 Å². The second kappa shape index (κ2) is 13.6. The van der Waals surface area contributed by atoms with Gasteiger partial charge in [0.25, 0.3) is 0 Å². The summed E-state index contributed by atoms with van der Waals surface area (Å²) in [5.41, 5.74) is -2.93. The number of alkyl halides is 3. The van der Waals surface area contributed by atoms with Gasteiger partial charge in [-0.15, -0.1) is 0 Å². The number of benzene rings is 1. The maximum Gasteiger partial charge on any atom is 0.469 e. The Labute approximate surface area is 231 Å². The molecule has 0 radical (unpaired) electrons. The average molecular weight is 606 g/mol. The molecule has 40 heavy (non-hydrogen) atoms. The van der Waals surface area contributed by atoms with E-state index in [1.165, 1.54) is 24.5 Å². The Morgan fingerprint density at radius 2 is 1.82 bits per heavy atom. The van der Waals surface area contributed by atoms with E-state index >= 15 is 0 Å². The molecule has 0 saturated carbocycles. The van der Waals surface area contributed by atoms with Crippen molar-refractivity contribution in [1.29, 1.82) is 0 Å². The summed E-state index contributed by atoms with van der Waals surface area (Å²) in [6.45, 7) is 0.782. The first kappa shape index (κ1) is 31.6. The van der Waals surface area contributed by atoms with Crippen LogP contribution in [0.25, 0.3) is 11.3 Å². The van der Waals surface area contributed by atoms with Crippen molar-refractivity contribution in [3.63, 3.8) is 0 Å². The Bertz CT molecular complexity index is 1350. The van der Waals surface area contributed by atoms with Gasteiger partial charge < -0.3 is 14.9 Å². The summed E-state index contributed by atoms with van der Waals surface area (Å²) < 4.78 is 74.0. The van der Waals surface area contributed by atoms with Gasteiger partial charge in [-0.25, -0.2) is 19.2 Å². The van der Waals surface area contributed by atoms with E-state index in [-0.39, 0.29) is 34.6 Å². The Morgan fingerprint density at radius 1 is 1.12 bits per heavy atom. The fraction of sp³-hybridized carbons (Fsp3) is 0.400. The predicted molar refractivity (Wildman–Crippen MR) is 141 cm³/mol. The number of hydrogen-bond donors (Lipinski definition) is 3. The molecule has 9 nitrogen and oxygen atoms in total. The van der Waals surface area contributed by atoms with E-state index in [0.29, 0.717) is 17.7 Å². The Morgan fingerprint density at radius 3 is 2.42 bits per heavy atom. The van der Waals surface area contributed by atoms with Crippen LogP contribution in [0.2, 0.25) is 0 Å². The molecule has 1 amide bonds. The molecule has 2 heterocycles. The van der Waals surface area contributed by atoms with E-state index in [2.05, 4.69) is 14.5 Å². The summed E-state index contributed by atoms with van der Waals surface area (Å²) in [5.74, 6) is 0. The lowest BCUT2D eigenvalue weighted by atomic mass is 9.94. The minimum Gasteiger partial charge on any atom is -0.464 e. The number of hydrogen-bond acceptors (Lipinski definition) is 6. The third kappa shape index (κ3) is 8.31. The zero-order valence-corrected chi connectivity index (χ0v) is 23.1. The van der Waals surface area contributed by atoms with E-state index in [4.69, 9.17) is 0 Å². The number of thiazole rings is 1. The molecule has 1 aromatic carbocycles. The summed E-state index contributed by atoms with van der Waals surface area (Å²) in [6.07, 6.45) is 0.777. The highest BCUT2D eigenvalue weighted by molar-refractivity contribution is 7.46. The van der Waals surface area contributed by atoms with Crippen molar-refractivity contribution in [3.05, 3.63) is 58.5 Å². The molecule has 0 aliphatic carbocycles. The van der Waals surface area contributed by atoms with Gasteiger partial charge in [-0.1, -0.05) is 56.4 Å². The molecule has 3 rings (SSSR count). The normalized spacial score (nSPS) is 12.1. The fourth-order valence-corrected chi connectivity index (χ4v) is 5.32. The number of aromatic nitrogens is 2. The van der Waals surface area contributed by atoms with Crippen LogP contribution < -0.4 is 4.90 Å². The Kier molecular flexibility index (Phi) is 10.8. The van der Waals surface area contributed by atoms with Gasteiger partial charge in [-0.3, -0.25) is 9.51 Å². The Balaban J connectivity index is 2.12. The van der Waals surface area contributed by atoms with E-state index < -0.39 is 53.8 Å². The van der Waals surface area contributed by atoms with Crippen LogP contribution in [0.15, 0.2) is 36.7 Å². The summed E-state index contributed by atoms with van der Waals surface area (Å²) in [7, 11) is -5.26. The standard InChI is InChI=1S/C25H28F4N3O6PS/c1-2-3-4-5-6-7-9-16-11-12-19(18(15-38-39(35,36)37)20(16)25(27,28)29)32(24(33)34)23-31-21(22(26)40-23)17-10-8-13-30-14-17/h8,10-14H,2-7,9,15H2,1H3,(H,33,34)(H2,35,36,37). The number of anilines is 2. The first-order chi connectivity index (χ1) is 18.8. The second-order valence-electron chi connectivity index (χ2n) is 8.86. The molecule has 0 fully saturated rings. The molecule has 0 spiro atoms. The van der Waals surface area contributed by atoms with Gasteiger partial charge >= 0.3 is 20.1 Å². The van der Waals surface area contributed by atoms with Gasteiger partial charge in [0.05, 0.1) is 17.9 Å². The molecule has 3 N–H and O–H groups in total. The van der Waals surface area contributed by atoms with Gasteiger partial charge in [0, 0.05) is 23.5 Å². The van der Waals surface area contributed by atoms with E-state index in [9.17, 15) is 41.8 Å². The van der Waals surface area contributed by atoms with Crippen molar-refractivity contribution in [1.82, 2.24) is 9.97 Å². The van der Waals surface area contributed by atoms with Crippen LogP contribution in [0.1, 0.15) is 62.1 Å². The monoisotopic (exact) mass is 605 g/mol. The van der Waals surface area contributed by atoms with E-state index in [0.717, 1.165) is 37.8 Å². The maximum absolute atomic E-state index is 14.8. The SMILES string of the molecule is CCCCCCCCc1ccc(N(C(=O)O)c2nc(-c3cccnc3)c(F)s2)c(COP(=O)(O)O)c1C(F)(F)F. The fourth-order valence-electron chi connectivity index (χ4n) is 4.20. The molecule has 15 heteroatoms. The molecule has 0 saturated heterocycles. The van der Waals surface area contributed by atoms with Gasteiger partial charge in [-0.2, -0.15) is 17.6 Å². The van der Waals surface area contributed by atoms with Crippen LogP contribution in [-0.4, -0.2) is 31.0 Å².